The van der Waals surface area contributed by atoms with Crippen LogP contribution in [-0.2, 0) is 0 Å². The van der Waals surface area contributed by atoms with Crippen molar-refractivity contribution in [2.75, 3.05) is 7.11 Å². The predicted molar refractivity (Wildman–Crippen MR) is 122 cm³/mol. The molecule has 0 unspecified atom stereocenters. The van der Waals surface area contributed by atoms with Crippen LogP contribution in [0.2, 0.25) is 0 Å². The molecule has 0 saturated heterocycles. The lowest BCUT2D eigenvalue weighted by Gasteiger charge is -1.93. The van der Waals surface area contributed by atoms with Gasteiger partial charge in [-0.05, 0) is 38.1 Å². The van der Waals surface area contributed by atoms with Gasteiger partial charge in [0.15, 0.2) is 0 Å². The number of ether oxygens (including phenoxy) is 1. The first-order valence-corrected chi connectivity index (χ1v) is 9.44. The summed E-state index contributed by atoms with van der Waals surface area (Å²) in [4.78, 5) is 0. The van der Waals surface area contributed by atoms with Crippen molar-refractivity contribution >= 4 is 0 Å². The van der Waals surface area contributed by atoms with E-state index < -0.39 is 0 Å². The van der Waals surface area contributed by atoms with Crippen LogP contribution >= 0.6 is 0 Å². The molecule has 0 amide bonds. The van der Waals surface area contributed by atoms with Crippen molar-refractivity contribution < 1.29 is 9.13 Å². The minimum Gasteiger partial charge on any atom is -0.497 e. The Labute approximate surface area is 174 Å². The Morgan fingerprint density at radius 1 is 0.483 bits per heavy atom. The highest BCUT2D eigenvalue weighted by Crippen LogP contribution is 2.05. The van der Waals surface area contributed by atoms with Gasteiger partial charge in [-0.2, -0.15) is 0 Å². The number of para-hydroxylation sites is 1. The molecular weight excluding hydrogens is 359 g/mol. The van der Waals surface area contributed by atoms with Gasteiger partial charge in [0.25, 0.3) is 0 Å². The number of halogens is 1. The van der Waals surface area contributed by atoms with Gasteiger partial charge >= 0.3 is 0 Å². The lowest BCUT2D eigenvalue weighted by molar-refractivity contribution is 0.415. The number of rotatable bonds is 1. The molecule has 4 aromatic rings. The van der Waals surface area contributed by atoms with Crippen LogP contribution in [0.15, 0.2) is 121 Å². The molecule has 0 N–H and O–H groups in total. The fourth-order valence-electron chi connectivity index (χ4n) is 2.04. The number of aryl methyl sites for hydroxylation is 2. The summed E-state index contributed by atoms with van der Waals surface area (Å²) in [6.07, 6.45) is 0. The zero-order valence-corrected chi connectivity index (χ0v) is 17.3. The molecule has 0 spiro atoms. The van der Waals surface area contributed by atoms with Crippen molar-refractivity contribution in [1.82, 2.24) is 0 Å². The third kappa shape index (κ3) is 13.4. The molecule has 0 fully saturated rings. The maximum atomic E-state index is 11.9. The average Bonchev–Trinajstić information content (AvgIpc) is 2.77. The molecule has 0 aliphatic rings. The Bertz CT molecular complexity index is 759. The second-order valence-electron chi connectivity index (χ2n) is 6.12. The lowest BCUT2D eigenvalue weighted by atomic mass is 10.2. The van der Waals surface area contributed by atoms with Crippen molar-refractivity contribution in [3.05, 3.63) is 138 Å². The molecule has 0 bridgehead atoms. The number of hydrogen-bond donors (Lipinski definition) is 0. The summed E-state index contributed by atoms with van der Waals surface area (Å²) in [6, 6.07) is 38.1. The molecule has 29 heavy (non-hydrogen) atoms. The van der Waals surface area contributed by atoms with Crippen molar-refractivity contribution in [2.24, 2.45) is 0 Å². The minimum absolute atomic E-state index is 0.178. The van der Waals surface area contributed by atoms with Gasteiger partial charge in [0.1, 0.15) is 11.6 Å². The Morgan fingerprint density at radius 2 is 0.793 bits per heavy atom. The average molecular weight is 389 g/mol. The second-order valence-corrected chi connectivity index (χ2v) is 6.12. The van der Waals surface area contributed by atoms with Gasteiger partial charge in [0.2, 0.25) is 0 Å². The first-order valence-electron chi connectivity index (χ1n) is 9.44. The number of methoxy groups -OCH3 is 1. The molecule has 1 nitrogen and oxygen atoms in total. The monoisotopic (exact) mass is 388 g/mol. The van der Waals surface area contributed by atoms with E-state index >= 15 is 0 Å². The van der Waals surface area contributed by atoms with Crippen LogP contribution in [0.3, 0.4) is 0 Å². The molecule has 0 aromatic heterocycles. The molecule has 150 valence electrons. The van der Waals surface area contributed by atoms with Crippen LogP contribution in [0, 0.1) is 19.7 Å². The smallest absolute Gasteiger partial charge is 0.123 e. The molecule has 0 aliphatic carbocycles. The van der Waals surface area contributed by atoms with Gasteiger partial charge in [0.05, 0.1) is 7.11 Å². The summed E-state index contributed by atoms with van der Waals surface area (Å²) in [5, 5.41) is 0. The number of hydrogen-bond acceptors (Lipinski definition) is 1. The first-order chi connectivity index (χ1) is 14.1. The van der Waals surface area contributed by atoms with E-state index in [9.17, 15) is 4.39 Å². The van der Waals surface area contributed by atoms with Crippen molar-refractivity contribution in [3.63, 3.8) is 0 Å². The maximum Gasteiger partial charge on any atom is 0.123 e. The van der Waals surface area contributed by atoms with Crippen LogP contribution in [0.4, 0.5) is 4.39 Å². The number of benzene rings is 4. The van der Waals surface area contributed by atoms with Gasteiger partial charge in [-0.3, -0.25) is 0 Å². The SMILES string of the molecule is COc1ccccc1.Cc1ccccc1.Cc1ccccc1.Fc1ccccc1. The Morgan fingerprint density at radius 3 is 0.966 bits per heavy atom. The maximum absolute atomic E-state index is 11.9. The summed E-state index contributed by atoms with van der Waals surface area (Å²) in [6.45, 7) is 4.17. The highest BCUT2D eigenvalue weighted by Gasteiger charge is 1.80. The minimum atomic E-state index is -0.178. The fourth-order valence-corrected chi connectivity index (χ4v) is 2.04. The van der Waals surface area contributed by atoms with Crippen molar-refractivity contribution in [3.8, 4) is 5.75 Å². The lowest BCUT2D eigenvalue weighted by Crippen LogP contribution is -1.78. The molecule has 0 heterocycles. The standard InChI is InChI=1S/C7H8O.2C7H8.C6H5F/c1-8-7-5-3-2-4-6-7;2*1-7-5-3-2-4-6-7;7-6-4-2-1-3-5-6/h2-6H,1H3;2*2-6H,1H3;1-5H. The van der Waals surface area contributed by atoms with Gasteiger partial charge in [-0.1, -0.05) is 108 Å². The highest BCUT2D eigenvalue weighted by atomic mass is 19.1. The molecule has 4 rings (SSSR count). The fraction of sp³-hybridized carbons (Fsp3) is 0.111. The zero-order valence-electron chi connectivity index (χ0n) is 17.3. The van der Waals surface area contributed by atoms with E-state index in [1.807, 2.05) is 66.7 Å². The van der Waals surface area contributed by atoms with E-state index in [1.165, 1.54) is 23.3 Å². The summed E-state index contributed by atoms with van der Waals surface area (Å²) in [5.41, 5.74) is 2.64. The third-order valence-electron chi connectivity index (χ3n) is 3.59. The Kier molecular flexibility index (Phi) is 12.8. The molecule has 0 radical (unpaired) electrons. The quantitative estimate of drug-likeness (QED) is 0.328. The summed E-state index contributed by atoms with van der Waals surface area (Å²) >= 11 is 0. The van der Waals surface area contributed by atoms with E-state index in [2.05, 4.69) is 38.1 Å². The molecular formula is C27H29FO. The zero-order chi connectivity index (χ0) is 21.2. The van der Waals surface area contributed by atoms with Crippen LogP contribution < -0.4 is 4.74 Å². The molecule has 0 atom stereocenters. The normalized spacial score (nSPS) is 8.69. The van der Waals surface area contributed by atoms with E-state index in [-0.39, 0.29) is 5.82 Å². The topological polar surface area (TPSA) is 9.23 Å². The van der Waals surface area contributed by atoms with E-state index in [0.717, 1.165) is 5.75 Å². The summed E-state index contributed by atoms with van der Waals surface area (Å²) < 4.78 is 16.8. The summed E-state index contributed by atoms with van der Waals surface area (Å²) in [7, 11) is 1.66. The Hall–Kier alpha value is -3.39. The molecule has 4 aromatic carbocycles. The summed E-state index contributed by atoms with van der Waals surface area (Å²) in [5.74, 6) is 0.731. The second kappa shape index (κ2) is 15.6. The first kappa shape index (κ1) is 23.6. The predicted octanol–water partition coefficient (Wildman–Crippen LogP) is 7.51. The third-order valence-corrected chi connectivity index (χ3v) is 3.59. The van der Waals surface area contributed by atoms with Crippen LogP contribution in [-0.4, -0.2) is 7.11 Å². The molecule has 0 aliphatic heterocycles. The van der Waals surface area contributed by atoms with Crippen molar-refractivity contribution in [1.29, 1.82) is 0 Å². The van der Waals surface area contributed by atoms with Gasteiger partial charge in [-0.15, -0.1) is 0 Å². The van der Waals surface area contributed by atoms with E-state index in [1.54, 1.807) is 25.3 Å². The van der Waals surface area contributed by atoms with Gasteiger partial charge < -0.3 is 4.74 Å². The van der Waals surface area contributed by atoms with Crippen LogP contribution in [0.5, 0.6) is 5.75 Å². The highest BCUT2D eigenvalue weighted by molar-refractivity contribution is 5.20. The van der Waals surface area contributed by atoms with Gasteiger partial charge in [0, 0.05) is 0 Å². The van der Waals surface area contributed by atoms with Crippen molar-refractivity contribution in [2.45, 2.75) is 13.8 Å². The molecule has 2 heteroatoms. The molecule has 0 saturated carbocycles. The van der Waals surface area contributed by atoms with Crippen LogP contribution in [0.25, 0.3) is 0 Å². The van der Waals surface area contributed by atoms with E-state index in [4.69, 9.17) is 4.74 Å². The Balaban J connectivity index is 0.000000194. The largest absolute Gasteiger partial charge is 0.497 e. The van der Waals surface area contributed by atoms with Gasteiger partial charge in [-0.25, -0.2) is 4.39 Å². The van der Waals surface area contributed by atoms with Crippen LogP contribution in [0.1, 0.15) is 11.1 Å². The van der Waals surface area contributed by atoms with E-state index in [0.29, 0.717) is 0 Å².